The number of piperidine rings is 1. The van der Waals surface area contributed by atoms with Crippen molar-refractivity contribution in [2.75, 3.05) is 6.54 Å². The summed E-state index contributed by atoms with van der Waals surface area (Å²) in [7, 11) is 0. The van der Waals surface area contributed by atoms with E-state index in [9.17, 15) is 14.7 Å². The zero-order valence-electron chi connectivity index (χ0n) is 12.1. The van der Waals surface area contributed by atoms with E-state index >= 15 is 0 Å². The van der Waals surface area contributed by atoms with Crippen LogP contribution in [0, 0.1) is 12.3 Å². The number of likely N-dealkylation sites (tertiary alicyclic amines) is 1. The molecule has 1 atom stereocenters. The molecule has 5 heteroatoms. The van der Waals surface area contributed by atoms with Gasteiger partial charge in [-0.05, 0) is 37.3 Å². The molecule has 0 aromatic carbocycles. The Bertz CT molecular complexity index is 522. The number of hydrogen-bond acceptors (Lipinski definition) is 3. The van der Waals surface area contributed by atoms with Gasteiger partial charge in [0, 0.05) is 18.4 Å². The summed E-state index contributed by atoms with van der Waals surface area (Å²) in [5.41, 5.74) is 0.854. The van der Waals surface area contributed by atoms with Crippen LogP contribution in [0.3, 0.4) is 0 Å². The minimum absolute atomic E-state index is 0.252. The molecule has 0 aliphatic carbocycles. The Hall–Kier alpha value is -1.91. The zero-order valence-corrected chi connectivity index (χ0v) is 12.1. The molecule has 1 aliphatic heterocycles. The fourth-order valence-electron chi connectivity index (χ4n) is 2.84. The molecule has 2 rings (SSSR count). The van der Waals surface area contributed by atoms with Gasteiger partial charge in [-0.3, -0.25) is 9.78 Å². The molecular weight excluding hydrogens is 256 g/mol. The van der Waals surface area contributed by atoms with Gasteiger partial charge in [0.25, 0.3) is 5.91 Å². The number of nitrogens with zero attached hydrogens (tertiary/aromatic N) is 2. The standard InChI is InChI=1S/C15H20N2O3/c1-10-5-6-11(9-16-10)13(18)17-8-4-7-15(2,3)12(17)14(19)20/h5-6,9,12H,4,7-8H2,1-3H3,(H,19,20). The predicted octanol–water partition coefficient (Wildman–Crippen LogP) is 2.11. The van der Waals surface area contributed by atoms with Crippen LogP contribution in [0.25, 0.3) is 0 Å². The van der Waals surface area contributed by atoms with Crippen molar-refractivity contribution in [2.24, 2.45) is 5.41 Å². The van der Waals surface area contributed by atoms with Gasteiger partial charge >= 0.3 is 5.97 Å². The number of aliphatic carboxylic acids is 1. The van der Waals surface area contributed by atoms with E-state index in [2.05, 4.69) is 4.98 Å². The first-order valence-electron chi connectivity index (χ1n) is 6.79. The Balaban J connectivity index is 2.31. The monoisotopic (exact) mass is 276 g/mol. The first-order chi connectivity index (χ1) is 9.33. The van der Waals surface area contributed by atoms with Gasteiger partial charge in [-0.1, -0.05) is 13.8 Å². The van der Waals surface area contributed by atoms with Gasteiger partial charge in [0.1, 0.15) is 6.04 Å². The average Bonchev–Trinajstić information content (AvgIpc) is 2.36. The van der Waals surface area contributed by atoms with Crippen LogP contribution in [0.4, 0.5) is 0 Å². The second-order valence-corrected chi connectivity index (χ2v) is 6.02. The van der Waals surface area contributed by atoms with E-state index in [0.29, 0.717) is 12.1 Å². The molecule has 2 heterocycles. The van der Waals surface area contributed by atoms with Crippen LogP contribution in [0.5, 0.6) is 0 Å². The molecule has 0 spiro atoms. The molecule has 1 N–H and O–H groups in total. The summed E-state index contributed by atoms with van der Waals surface area (Å²) in [6.07, 6.45) is 3.14. The molecule has 0 bridgehead atoms. The molecule has 1 aliphatic rings. The molecule has 1 unspecified atom stereocenters. The number of carboxylic acid groups (broad SMARTS) is 1. The number of carbonyl (C=O) groups is 2. The topological polar surface area (TPSA) is 70.5 Å². The molecule has 1 fully saturated rings. The van der Waals surface area contributed by atoms with Crippen molar-refractivity contribution < 1.29 is 14.7 Å². The largest absolute Gasteiger partial charge is 0.480 e. The van der Waals surface area contributed by atoms with Crippen molar-refractivity contribution in [3.05, 3.63) is 29.6 Å². The molecule has 1 amide bonds. The first-order valence-corrected chi connectivity index (χ1v) is 6.79. The number of aromatic nitrogens is 1. The highest BCUT2D eigenvalue weighted by molar-refractivity contribution is 5.96. The molecule has 0 radical (unpaired) electrons. The van der Waals surface area contributed by atoms with E-state index < -0.39 is 17.4 Å². The normalized spacial score (nSPS) is 21.6. The van der Waals surface area contributed by atoms with Crippen molar-refractivity contribution in [2.45, 2.75) is 39.7 Å². The highest BCUT2D eigenvalue weighted by atomic mass is 16.4. The Morgan fingerprint density at radius 3 is 2.65 bits per heavy atom. The maximum absolute atomic E-state index is 12.5. The molecule has 5 nitrogen and oxygen atoms in total. The average molecular weight is 276 g/mol. The molecule has 20 heavy (non-hydrogen) atoms. The molecule has 0 saturated carbocycles. The van der Waals surface area contributed by atoms with Crippen LogP contribution in [0.2, 0.25) is 0 Å². The molecule has 1 saturated heterocycles. The number of carboxylic acids is 1. The summed E-state index contributed by atoms with van der Waals surface area (Å²) in [5, 5.41) is 9.47. The lowest BCUT2D eigenvalue weighted by Gasteiger charge is -2.43. The van der Waals surface area contributed by atoms with Crippen LogP contribution in [0.1, 0.15) is 42.7 Å². The Labute approximate surface area is 118 Å². The number of rotatable bonds is 2. The van der Waals surface area contributed by atoms with Crippen LogP contribution >= 0.6 is 0 Å². The van der Waals surface area contributed by atoms with Gasteiger partial charge in [-0.25, -0.2) is 4.79 Å². The number of pyridine rings is 1. The smallest absolute Gasteiger partial charge is 0.326 e. The van der Waals surface area contributed by atoms with Crippen molar-refractivity contribution in [3.8, 4) is 0 Å². The van der Waals surface area contributed by atoms with Crippen molar-refractivity contribution >= 4 is 11.9 Å². The predicted molar refractivity (Wildman–Crippen MR) is 74.4 cm³/mol. The van der Waals surface area contributed by atoms with E-state index in [1.54, 1.807) is 12.1 Å². The van der Waals surface area contributed by atoms with Crippen LogP contribution < -0.4 is 0 Å². The van der Waals surface area contributed by atoms with E-state index in [0.717, 1.165) is 18.5 Å². The van der Waals surface area contributed by atoms with Gasteiger partial charge < -0.3 is 10.0 Å². The lowest BCUT2D eigenvalue weighted by Crippen LogP contribution is -2.56. The summed E-state index contributed by atoms with van der Waals surface area (Å²) in [6.45, 7) is 6.13. The maximum Gasteiger partial charge on any atom is 0.326 e. The molecule has 1 aromatic rings. The van der Waals surface area contributed by atoms with Crippen LogP contribution in [0.15, 0.2) is 18.3 Å². The van der Waals surface area contributed by atoms with Crippen molar-refractivity contribution in [1.29, 1.82) is 0 Å². The Kier molecular flexibility index (Phi) is 3.79. The van der Waals surface area contributed by atoms with Gasteiger partial charge in [-0.2, -0.15) is 0 Å². The van der Waals surface area contributed by atoms with E-state index in [1.807, 2.05) is 20.8 Å². The van der Waals surface area contributed by atoms with Crippen molar-refractivity contribution in [3.63, 3.8) is 0 Å². The van der Waals surface area contributed by atoms with Crippen LogP contribution in [-0.4, -0.2) is 39.5 Å². The minimum Gasteiger partial charge on any atom is -0.480 e. The molecular formula is C15H20N2O3. The van der Waals surface area contributed by atoms with Crippen LogP contribution in [-0.2, 0) is 4.79 Å². The molecule has 1 aromatic heterocycles. The minimum atomic E-state index is -0.942. The second-order valence-electron chi connectivity index (χ2n) is 6.02. The number of aryl methyl sites for hydroxylation is 1. The highest BCUT2D eigenvalue weighted by Gasteiger charge is 2.44. The van der Waals surface area contributed by atoms with Crippen molar-refractivity contribution in [1.82, 2.24) is 9.88 Å². The summed E-state index contributed by atoms with van der Waals surface area (Å²) in [6, 6.07) is 2.67. The highest BCUT2D eigenvalue weighted by Crippen LogP contribution is 2.36. The first kappa shape index (κ1) is 14.5. The second kappa shape index (κ2) is 5.23. The quantitative estimate of drug-likeness (QED) is 0.898. The van der Waals surface area contributed by atoms with Gasteiger partial charge in [0.2, 0.25) is 0 Å². The SMILES string of the molecule is Cc1ccc(C(=O)N2CCCC(C)(C)C2C(=O)O)cn1. The zero-order chi connectivity index (χ0) is 14.9. The number of amides is 1. The summed E-state index contributed by atoms with van der Waals surface area (Å²) in [5.74, 6) is -1.19. The van der Waals surface area contributed by atoms with Gasteiger partial charge in [-0.15, -0.1) is 0 Å². The third kappa shape index (κ3) is 2.66. The van der Waals surface area contributed by atoms with E-state index in [1.165, 1.54) is 11.1 Å². The van der Waals surface area contributed by atoms with Gasteiger partial charge in [0.15, 0.2) is 0 Å². The van der Waals surface area contributed by atoms with Gasteiger partial charge in [0.05, 0.1) is 5.56 Å². The fraction of sp³-hybridized carbons (Fsp3) is 0.533. The lowest BCUT2D eigenvalue weighted by molar-refractivity contribution is -0.148. The number of hydrogen-bond donors (Lipinski definition) is 1. The lowest BCUT2D eigenvalue weighted by atomic mass is 9.76. The maximum atomic E-state index is 12.5. The molecule has 108 valence electrons. The third-order valence-corrected chi connectivity index (χ3v) is 3.93. The summed E-state index contributed by atoms with van der Waals surface area (Å²) in [4.78, 5) is 29.7. The third-order valence-electron chi connectivity index (χ3n) is 3.93. The van der Waals surface area contributed by atoms with E-state index in [4.69, 9.17) is 0 Å². The fourth-order valence-corrected chi connectivity index (χ4v) is 2.84. The van der Waals surface area contributed by atoms with E-state index in [-0.39, 0.29) is 5.91 Å². The number of carbonyl (C=O) groups excluding carboxylic acids is 1. The summed E-state index contributed by atoms with van der Waals surface area (Å²) >= 11 is 0. The summed E-state index contributed by atoms with van der Waals surface area (Å²) < 4.78 is 0. The Morgan fingerprint density at radius 1 is 1.40 bits per heavy atom. The Morgan fingerprint density at radius 2 is 2.10 bits per heavy atom.